The summed E-state index contributed by atoms with van der Waals surface area (Å²) in [5.74, 6) is 0. The third-order valence-corrected chi connectivity index (χ3v) is 7.51. The van der Waals surface area contributed by atoms with Crippen molar-refractivity contribution in [2.75, 3.05) is 0 Å². The van der Waals surface area contributed by atoms with E-state index in [9.17, 15) is 0 Å². The molecule has 0 aliphatic rings. The summed E-state index contributed by atoms with van der Waals surface area (Å²) in [6.45, 7) is 13.6. The Labute approximate surface area is 131 Å². The van der Waals surface area contributed by atoms with Gasteiger partial charge in [-0.1, -0.05) is 36.4 Å². The van der Waals surface area contributed by atoms with Crippen LogP contribution in [0.5, 0.6) is 0 Å². The number of hydrogen-bond acceptors (Lipinski definition) is 2. The highest BCUT2D eigenvalue weighted by Gasteiger charge is 2.24. The molecule has 0 aromatic heterocycles. The van der Waals surface area contributed by atoms with Gasteiger partial charge in [-0.2, -0.15) is 0 Å². The van der Waals surface area contributed by atoms with Crippen LogP contribution in [-0.2, 0) is 10.7 Å². The highest BCUT2D eigenvalue weighted by Crippen LogP contribution is 2.15. The summed E-state index contributed by atoms with van der Waals surface area (Å²) < 4.78 is 5.90. The van der Waals surface area contributed by atoms with Crippen molar-refractivity contribution in [3.8, 4) is 0 Å². The molecule has 2 aromatic carbocycles. The summed E-state index contributed by atoms with van der Waals surface area (Å²) >= 11 is 0. The lowest BCUT2D eigenvalue weighted by Gasteiger charge is -2.27. The van der Waals surface area contributed by atoms with Gasteiger partial charge in [-0.25, -0.2) is 0 Å². The Bertz CT molecular complexity index is 557. The quantitative estimate of drug-likeness (QED) is 0.806. The zero-order valence-corrected chi connectivity index (χ0v) is 16.1. The Morgan fingerprint density at radius 3 is 1.76 bits per heavy atom. The maximum atomic E-state index is 8.90. The second-order valence-electron chi connectivity index (χ2n) is 7.17. The lowest BCUT2D eigenvalue weighted by atomic mass is 10.1. The number of aliphatic hydroxyl groups excluding tert-OH is 1. The third kappa shape index (κ3) is 7.57. The molecule has 0 bridgehead atoms. The first-order valence-corrected chi connectivity index (χ1v) is 14.2. The van der Waals surface area contributed by atoms with Crippen LogP contribution in [0.25, 0.3) is 10.8 Å². The van der Waals surface area contributed by atoms with Crippen LogP contribution >= 0.6 is 0 Å². The zero-order chi connectivity index (χ0) is 16.1. The van der Waals surface area contributed by atoms with Crippen molar-refractivity contribution in [2.45, 2.75) is 45.9 Å². The van der Waals surface area contributed by atoms with E-state index in [0.29, 0.717) is 0 Å². The fourth-order valence-corrected chi connectivity index (χ4v) is 9.60. The molecule has 0 fully saturated rings. The van der Waals surface area contributed by atoms with Crippen LogP contribution in [0, 0.1) is 0 Å². The number of aliphatic hydroxyl groups is 1. The van der Waals surface area contributed by atoms with E-state index < -0.39 is 16.6 Å². The fraction of sp³-hybridized carbons (Fsp3) is 0.412. The van der Waals surface area contributed by atoms with Crippen molar-refractivity contribution >= 4 is 27.4 Å². The van der Waals surface area contributed by atoms with E-state index >= 15 is 0 Å². The van der Waals surface area contributed by atoms with Gasteiger partial charge in [-0.05, 0) is 61.7 Å². The zero-order valence-electron chi connectivity index (χ0n) is 14.1. The largest absolute Gasteiger partial charge is 0.456 e. The highest BCUT2D eigenvalue weighted by atomic mass is 28.4. The maximum Gasteiger partial charge on any atom is 0.170 e. The number of rotatable bonds is 3. The Hall–Kier alpha value is -0.946. The van der Waals surface area contributed by atoms with Crippen LogP contribution in [0.2, 0.25) is 39.3 Å². The molecule has 0 heterocycles. The van der Waals surface area contributed by atoms with E-state index in [1.54, 1.807) is 0 Å². The Balaban J connectivity index is 0.000000222. The predicted molar refractivity (Wildman–Crippen MR) is 97.6 cm³/mol. The van der Waals surface area contributed by atoms with Crippen LogP contribution < -0.4 is 0 Å². The molecule has 0 aliphatic heterocycles. The minimum atomic E-state index is -1.23. The van der Waals surface area contributed by atoms with Crippen LogP contribution in [0.3, 0.4) is 0 Å². The van der Waals surface area contributed by atoms with Crippen molar-refractivity contribution < 1.29 is 9.22 Å². The fourth-order valence-electron chi connectivity index (χ4n) is 2.26. The van der Waals surface area contributed by atoms with Gasteiger partial charge in [-0.15, -0.1) is 0 Å². The van der Waals surface area contributed by atoms with Gasteiger partial charge in [0.15, 0.2) is 16.6 Å². The van der Waals surface area contributed by atoms with Gasteiger partial charge in [0.25, 0.3) is 0 Å². The first-order chi connectivity index (χ1) is 9.61. The molecule has 0 spiro atoms. The molecule has 21 heavy (non-hydrogen) atoms. The van der Waals surface area contributed by atoms with E-state index in [1.165, 1.54) is 10.8 Å². The monoisotopic (exact) mass is 320 g/mol. The lowest BCUT2D eigenvalue weighted by molar-refractivity contribution is 0.282. The molecule has 0 aliphatic carbocycles. The summed E-state index contributed by atoms with van der Waals surface area (Å²) in [5.41, 5.74) is 0.966. The van der Waals surface area contributed by atoms with E-state index in [4.69, 9.17) is 9.22 Å². The number of hydrogen-bond donors (Lipinski definition) is 1. The Morgan fingerprint density at radius 2 is 1.33 bits per heavy atom. The lowest BCUT2D eigenvalue weighted by Crippen LogP contribution is -2.39. The molecule has 0 amide bonds. The molecule has 0 radical (unpaired) electrons. The van der Waals surface area contributed by atoms with Gasteiger partial charge in [0.05, 0.1) is 6.61 Å². The molecule has 0 atom stereocenters. The minimum absolute atomic E-state index is 0.116. The molecular weight excluding hydrogens is 292 g/mol. The topological polar surface area (TPSA) is 29.5 Å². The summed E-state index contributed by atoms with van der Waals surface area (Å²) in [7, 11) is -2.46. The van der Waals surface area contributed by atoms with E-state index in [1.807, 2.05) is 30.3 Å². The molecule has 2 nitrogen and oxygen atoms in total. The van der Waals surface area contributed by atoms with Gasteiger partial charge in [0, 0.05) is 0 Å². The minimum Gasteiger partial charge on any atom is -0.456 e. The Kier molecular flexibility index (Phi) is 6.34. The molecule has 0 saturated carbocycles. The summed E-state index contributed by atoms with van der Waals surface area (Å²) in [4.78, 5) is 0. The van der Waals surface area contributed by atoms with Gasteiger partial charge in [-0.3, -0.25) is 0 Å². The van der Waals surface area contributed by atoms with Crippen molar-refractivity contribution in [1.82, 2.24) is 0 Å². The van der Waals surface area contributed by atoms with E-state index in [0.717, 1.165) is 5.56 Å². The highest BCUT2D eigenvalue weighted by molar-refractivity contribution is 6.83. The third-order valence-electron chi connectivity index (χ3n) is 2.61. The smallest absolute Gasteiger partial charge is 0.170 e. The second kappa shape index (κ2) is 7.36. The summed E-state index contributed by atoms with van der Waals surface area (Å²) in [5, 5.41) is 11.3. The predicted octanol–water partition coefficient (Wildman–Crippen LogP) is 5.00. The Morgan fingerprint density at radius 1 is 0.810 bits per heavy atom. The molecule has 116 valence electrons. The average Bonchev–Trinajstić information content (AvgIpc) is 2.34. The standard InChI is InChI=1S/C11H10O.C6H18OSi2/c12-8-9-5-6-10-3-1-2-4-11(10)7-9;1-8(2,3)7-9(4,5)6/h1-7,12H,8H2;1-6H3. The molecule has 4 heteroatoms. The molecular formula is C17H28O2Si2. The van der Waals surface area contributed by atoms with E-state index in [2.05, 4.69) is 51.4 Å². The van der Waals surface area contributed by atoms with Crippen LogP contribution in [0.1, 0.15) is 5.56 Å². The van der Waals surface area contributed by atoms with Crippen molar-refractivity contribution in [1.29, 1.82) is 0 Å². The van der Waals surface area contributed by atoms with Crippen LogP contribution in [-0.4, -0.2) is 21.7 Å². The first kappa shape index (κ1) is 18.1. The SMILES string of the molecule is C[Si](C)(C)O[Si](C)(C)C.OCc1ccc2ccccc2c1. The average molecular weight is 321 g/mol. The normalized spacial score (nSPS) is 12.0. The van der Waals surface area contributed by atoms with Crippen molar-refractivity contribution in [2.24, 2.45) is 0 Å². The molecule has 2 rings (SSSR count). The van der Waals surface area contributed by atoms with Crippen molar-refractivity contribution in [3.63, 3.8) is 0 Å². The molecule has 0 saturated heterocycles. The van der Waals surface area contributed by atoms with Crippen LogP contribution in [0.15, 0.2) is 42.5 Å². The number of benzene rings is 2. The molecule has 2 aromatic rings. The van der Waals surface area contributed by atoms with Gasteiger partial charge < -0.3 is 9.22 Å². The second-order valence-corrected chi connectivity index (χ2v) is 16.4. The maximum absolute atomic E-state index is 8.90. The number of fused-ring (bicyclic) bond motifs is 1. The van der Waals surface area contributed by atoms with Crippen molar-refractivity contribution in [3.05, 3.63) is 48.0 Å². The summed E-state index contributed by atoms with van der Waals surface area (Å²) in [6.07, 6.45) is 0. The summed E-state index contributed by atoms with van der Waals surface area (Å²) in [6, 6.07) is 14.1. The first-order valence-electron chi connectivity index (χ1n) is 7.39. The molecule has 0 unspecified atom stereocenters. The van der Waals surface area contributed by atoms with Crippen LogP contribution in [0.4, 0.5) is 0 Å². The van der Waals surface area contributed by atoms with E-state index in [-0.39, 0.29) is 6.61 Å². The van der Waals surface area contributed by atoms with Gasteiger partial charge >= 0.3 is 0 Å². The molecule has 1 N–H and O–H groups in total. The van der Waals surface area contributed by atoms with Gasteiger partial charge in [0.1, 0.15) is 0 Å². The van der Waals surface area contributed by atoms with Gasteiger partial charge in [0.2, 0.25) is 0 Å².